The molecule has 2 aliphatic heterocycles. The zero-order chi connectivity index (χ0) is 29.1. The van der Waals surface area contributed by atoms with Crippen LogP contribution < -0.4 is 14.8 Å². The third kappa shape index (κ3) is 5.78. The number of aromatic nitrogens is 2. The Morgan fingerprint density at radius 2 is 1.98 bits per heavy atom. The molecule has 0 saturated heterocycles. The Bertz CT molecular complexity index is 1460. The van der Waals surface area contributed by atoms with Crippen LogP contribution >= 0.6 is 0 Å². The molecule has 10 nitrogen and oxygen atoms in total. The van der Waals surface area contributed by atoms with Crippen LogP contribution in [0.3, 0.4) is 0 Å². The van der Waals surface area contributed by atoms with Gasteiger partial charge in [0.2, 0.25) is 6.35 Å². The summed E-state index contributed by atoms with van der Waals surface area (Å²) in [5.41, 5.74) is 7.54. The number of imidazole rings is 1. The fraction of sp³-hybridized carbons (Fsp3) is 0.387. The molecule has 1 amide bonds. The number of aliphatic hydroxyl groups is 1. The molecule has 0 saturated carbocycles. The first-order chi connectivity index (χ1) is 19.8. The van der Waals surface area contributed by atoms with Gasteiger partial charge in [-0.2, -0.15) is 0 Å². The van der Waals surface area contributed by atoms with Crippen molar-refractivity contribution in [2.75, 3.05) is 33.4 Å². The number of carbonyl (C=O) groups excluding carboxylic acids is 1. The largest absolute Gasteiger partial charge is 0.493 e. The predicted molar refractivity (Wildman–Crippen MR) is 159 cm³/mol. The second-order valence-electron chi connectivity index (χ2n) is 10.4. The second-order valence-corrected chi connectivity index (χ2v) is 10.4. The van der Waals surface area contributed by atoms with Crippen LogP contribution in [0.15, 0.2) is 47.9 Å². The average molecular weight is 559 g/mol. The first-order valence-corrected chi connectivity index (χ1v) is 14.0. The number of carbonyl (C=O) groups is 1. The topological polar surface area (TPSA) is 115 Å². The second kappa shape index (κ2) is 12.1. The summed E-state index contributed by atoms with van der Waals surface area (Å²) in [6, 6.07) is 8.27. The summed E-state index contributed by atoms with van der Waals surface area (Å²) < 4.78 is 11.5. The number of ether oxygens (including phenoxy) is 2. The molecule has 1 aromatic heterocycles. The van der Waals surface area contributed by atoms with Crippen LogP contribution in [-0.4, -0.2) is 76.3 Å². The Morgan fingerprint density at radius 1 is 1.20 bits per heavy atom. The van der Waals surface area contributed by atoms with E-state index in [0.717, 1.165) is 46.5 Å². The minimum atomic E-state index is -0.979. The van der Waals surface area contributed by atoms with Crippen molar-refractivity contribution >= 4 is 23.1 Å². The summed E-state index contributed by atoms with van der Waals surface area (Å²) in [4.78, 5) is 28.2. The lowest BCUT2D eigenvalue weighted by Gasteiger charge is -2.43. The summed E-state index contributed by atoms with van der Waals surface area (Å²) in [6.45, 7) is 9.98. The summed E-state index contributed by atoms with van der Waals surface area (Å²) in [5, 5.41) is 14.7. The van der Waals surface area contributed by atoms with Gasteiger partial charge in [-0.05, 0) is 69.4 Å². The van der Waals surface area contributed by atoms with Gasteiger partial charge in [0.15, 0.2) is 11.5 Å². The zero-order valence-corrected chi connectivity index (χ0v) is 24.3. The number of hydrogen-bond donors (Lipinski definition) is 3. The van der Waals surface area contributed by atoms with Crippen LogP contribution in [-0.2, 0) is 6.42 Å². The van der Waals surface area contributed by atoms with E-state index in [2.05, 4.69) is 40.4 Å². The monoisotopic (exact) mass is 558 g/mol. The molecule has 0 spiro atoms. The SMILES string of the molecule is CCOc1cc2c(cc1OC)C1=C/C(=N\c3c(C)cc(C)cc3C)N(CCNC(=O)c3cnc[nH]3)C(O)N1CCC2. The lowest BCUT2D eigenvalue weighted by atomic mass is 9.99. The number of aliphatic imine (C=N–C) groups is 1. The van der Waals surface area contributed by atoms with E-state index < -0.39 is 6.35 Å². The molecule has 0 radical (unpaired) electrons. The number of aliphatic hydroxyl groups excluding tert-OH is 1. The van der Waals surface area contributed by atoms with Crippen molar-refractivity contribution in [1.82, 2.24) is 25.1 Å². The van der Waals surface area contributed by atoms with Gasteiger partial charge in [-0.25, -0.2) is 9.98 Å². The summed E-state index contributed by atoms with van der Waals surface area (Å²) in [6.07, 6.45) is 5.69. The molecule has 10 heteroatoms. The van der Waals surface area contributed by atoms with Crippen molar-refractivity contribution in [2.45, 2.75) is 46.9 Å². The molecule has 5 rings (SSSR count). The first-order valence-electron chi connectivity index (χ1n) is 14.0. The van der Waals surface area contributed by atoms with Crippen LogP contribution in [0.1, 0.15) is 51.7 Å². The number of fused-ring (bicyclic) bond motifs is 3. The number of benzene rings is 2. The van der Waals surface area contributed by atoms with Crippen molar-refractivity contribution < 1.29 is 19.4 Å². The number of amidine groups is 1. The van der Waals surface area contributed by atoms with Crippen molar-refractivity contribution in [3.63, 3.8) is 0 Å². The number of nitrogens with one attached hydrogen (secondary N) is 2. The molecule has 0 bridgehead atoms. The maximum absolute atomic E-state index is 12.5. The van der Waals surface area contributed by atoms with E-state index in [1.54, 1.807) is 7.11 Å². The molecule has 1 atom stereocenters. The molecule has 3 heterocycles. The minimum absolute atomic E-state index is 0.255. The number of aromatic amines is 1. The highest BCUT2D eigenvalue weighted by atomic mass is 16.5. The van der Waals surface area contributed by atoms with Crippen molar-refractivity contribution in [3.05, 3.63) is 76.4 Å². The molecule has 0 aliphatic carbocycles. The van der Waals surface area contributed by atoms with Gasteiger partial charge < -0.3 is 34.7 Å². The highest BCUT2D eigenvalue weighted by molar-refractivity contribution is 6.02. The molecular formula is C31H38N6O4. The number of rotatable bonds is 8. The van der Waals surface area contributed by atoms with Gasteiger partial charge in [-0.3, -0.25) is 4.79 Å². The Morgan fingerprint density at radius 3 is 2.66 bits per heavy atom. The van der Waals surface area contributed by atoms with Gasteiger partial charge in [0.25, 0.3) is 5.91 Å². The number of amides is 1. The maximum Gasteiger partial charge on any atom is 0.269 e. The van der Waals surface area contributed by atoms with Crippen molar-refractivity contribution in [2.24, 2.45) is 4.99 Å². The van der Waals surface area contributed by atoms with E-state index in [4.69, 9.17) is 14.5 Å². The molecule has 0 fully saturated rings. The Labute approximate surface area is 240 Å². The minimum Gasteiger partial charge on any atom is -0.493 e. The molecule has 41 heavy (non-hydrogen) atoms. The van der Waals surface area contributed by atoms with E-state index in [9.17, 15) is 9.90 Å². The van der Waals surface area contributed by atoms with Gasteiger partial charge in [-0.15, -0.1) is 0 Å². The molecule has 3 aromatic rings. The smallest absolute Gasteiger partial charge is 0.269 e. The Balaban J connectivity index is 1.57. The number of hydrogen-bond acceptors (Lipinski definition) is 7. The van der Waals surface area contributed by atoms with E-state index >= 15 is 0 Å². The first kappa shape index (κ1) is 28.2. The van der Waals surface area contributed by atoms with Crippen LogP contribution in [0, 0.1) is 20.8 Å². The molecule has 216 valence electrons. The van der Waals surface area contributed by atoms with Gasteiger partial charge in [0, 0.05) is 31.3 Å². The lowest BCUT2D eigenvalue weighted by molar-refractivity contribution is -0.0515. The van der Waals surface area contributed by atoms with Gasteiger partial charge in [-0.1, -0.05) is 17.7 Å². The number of nitrogens with zero attached hydrogens (tertiary/aromatic N) is 4. The molecule has 3 N–H and O–H groups in total. The van der Waals surface area contributed by atoms with Crippen LogP contribution in [0.5, 0.6) is 11.5 Å². The maximum atomic E-state index is 12.5. The highest BCUT2D eigenvalue weighted by Crippen LogP contribution is 2.40. The third-order valence-electron chi connectivity index (χ3n) is 7.48. The highest BCUT2D eigenvalue weighted by Gasteiger charge is 2.35. The molecule has 1 unspecified atom stereocenters. The molecular weight excluding hydrogens is 520 g/mol. The fourth-order valence-corrected chi connectivity index (χ4v) is 5.64. The van der Waals surface area contributed by atoms with E-state index in [0.29, 0.717) is 49.3 Å². The molecule has 2 aliphatic rings. The Hall–Kier alpha value is -4.31. The number of H-pyrrole nitrogens is 1. The lowest BCUT2D eigenvalue weighted by Crippen LogP contribution is -2.55. The standard InChI is InChI=1S/C31H38N6O4/c1-6-41-27-14-22-8-7-10-36-25(23(22)15-26(27)40-5)16-28(35-29-20(3)12-19(2)13-21(29)4)37(31(36)39)11-9-33-30(38)24-17-32-18-34-24/h12-18,31,39H,6-11H2,1-5H3,(H,32,34)(H,33,38)/b35-28+. The van der Waals surface area contributed by atoms with E-state index in [-0.39, 0.29) is 5.91 Å². The third-order valence-corrected chi connectivity index (χ3v) is 7.48. The van der Waals surface area contributed by atoms with Crippen LogP contribution in [0.25, 0.3) is 5.70 Å². The van der Waals surface area contributed by atoms with E-state index in [1.807, 2.05) is 42.7 Å². The van der Waals surface area contributed by atoms with Crippen molar-refractivity contribution in [1.29, 1.82) is 0 Å². The fourth-order valence-electron chi connectivity index (χ4n) is 5.64. The normalized spacial score (nSPS) is 17.5. The van der Waals surface area contributed by atoms with E-state index in [1.165, 1.54) is 18.1 Å². The number of aryl methyl sites for hydroxylation is 4. The van der Waals surface area contributed by atoms with Gasteiger partial charge >= 0.3 is 0 Å². The van der Waals surface area contributed by atoms with Gasteiger partial charge in [0.1, 0.15) is 11.5 Å². The summed E-state index contributed by atoms with van der Waals surface area (Å²) in [5.74, 6) is 1.73. The summed E-state index contributed by atoms with van der Waals surface area (Å²) >= 11 is 0. The predicted octanol–water partition coefficient (Wildman–Crippen LogP) is 4.08. The molecule has 2 aromatic carbocycles. The zero-order valence-electron chi connectivity index (χ0n) is 24.3. The Kier molecular flexibility index (Phi) is 8.30. The van der Waals surface area contributed by atoms with Crippen LogP contribution in [0.2, 0.25) is 0 Å². The van der Waals surface area contributed by atoms with Gasteiger partial charge in [0.05, 0.1) is 37.6 Å². The van der Waals surface area contributed by atoms with Crippen LogP contribution in [0.4, 0.5) is 5.69 Å². The van der Waals surface area contributed by atoms with Crippen molar-refractivity contribution in [3.8, 4) is 11.5 Å². The summed E-state index contributed by atoms with van der Waals surface area (Å²) in [7, 11) is 1.64. The average Bonchev–Trinajstić information content (AvgIpc) is 3.42. The quantitative estimate of drug-likeness (QED) is 0.382. The number of methoxy groups -OCH3 is 1.